The van der Waals surface area contributed by atoms with Gasteiger partial charge in [0.15, 0.2) is 0 Å². The van der Waals surface area contributed by atoms with E-state index in [-0.39, 0.29) is 17.9 Å². The number of hydrogen-bond acceptors (Lipinski definition) is 4. The molecule has 0 saturated carbocycles. The number of likely N-dealkylation sites (tertiary alicyclic amines) is 1. The van der Waals surface area contributed by atoms with Crippen LogP contribution in [0.1, 0.15) is 40.4 Å². The van der Waals surface area contributed by atoms with Gasteiger partial charge in [-0.2, -0.15) is 0 Å². The maximum atomic E-state index is 13.0. The van der Waals surface area contributed by atoms with Crippen molar-refractivity contribution in [3.8, 4) is 11.5 Å². The molecular weight excluding hydrogens is 356 g/mol. The quantitative estimate of drug-likeness (QED) is 0.799. The molecule has 0 spiro atoms. The molecule has 0 aliphatic carbocycles. The predicted molar refractivity (Wildman–Crippen MR) is 107 cm³/mol. The predicted octanol–water partition coefficient (Wildman–Crippen LogP) is 3.11. The average molecular weight is 382 g/mol. The lowest BCUT2D eigenvalue weighted by molar-refractivity contribution is -0.128. The zero-order chi connectivity index (χ0) is 20.1. The van der Waals surface area contributed by atoms with Crippen LogP contribution >= 0.6 is 0 Å². The Kier molecular flexibility index (Phi) is 6.19. The first kappa shape index (κ1) is 19.7. The normalized spacial score (nSPS) is 14.7. The molecule has 1 aliphatic heterocycles. The third-order valence-corrected chi connectivity index (χ3v) is 5.10. The Bertz CT molecular complexity index is 826. The molecule has 6 heteroatoms. The Morgan fingerprint density at radius 1 is 1.14 bits per heavy atom. The summed E-state index contributed by atoms with van der Waals surface area (Å²) in [7, 11) is 3.13. The van der Waals surface area contributed by atoms with Gasteiger partial charge < -0.3 is 19.7 Å². The van der Waals surface area contributed by atoms with Crippen LogP contribution in [0.15, 0.2) is 42.5 Å². The van der Waals surface area contributed by atoms with E-state index in [4.69, 9.17) is 9.47 Å². The molecule has 1 heterocycles. The van der Waals surface area contributed by atoms with E-state index in [0.29, 0.717) is 30.0 Å². The molecule has 1 unspecified atom stereocenters. The van der Waals surface area contributed by atoms with Gasteiger partial charge in [-0.1, -0.05) is 30.3 Å². The number of amides is 2. The second-order valence-electron chi connectivity index (χ2n) is 6.89. The summed E-state index contributed by atoms with van der Waals surface area (Å²) in [5, 5.41) is 3.08. The van der Waals surface area contributed by atoms with Crippen LogP contribution in [0.3, 0.4) is 0 Å². The molecule has 2 aromatic rings. The fourth-order valence-corrected chi connectivity index (χ4v) is 3.50. The summed E-state index contributed by atoms with van der Waals surface area (Å²) in [6.07, 6.45) is 1.43. The van der Waals surface area contributed by atoms with Crippen LogP contribution in [-0.2, 0) is 4.79 Å². The van der Waals surface area contributed by atoms with E-state index in [1.807, 2.05) is 42.2 Å². The molecule has 1 atom stereocenters. The molecule has 1 N–H and O–H groups in total. The summed E-state index contributed by atoms with van der Waals surface area (Å²) in [6.45, 7) is 3.06. The van der Waals surface area contributed by atoms with Crippen LogP contribution in [0.5, 0.6) is 11.5 Å². The van der Waals surface area contributed by atoms with Crippen molar-refractivity contribution in [1.82, 2.24) is 10.2 Å². The van der Waals surface area contributed by atoms with Gasteiger partial charge >= 0.3 is 0 Å². The van der Waals surface area contributed by atoms with Gasteiger partial charge in [0.1, 0.15) is 11.5 Å². The standard InChI is InChI=1S/C22H26N2O4/c1-15-19(27-2)12-17(13-20(15)28-3)22(26)23-18(16-8-5-4-6-9-16)14-24-11-7-10-21(24)25/h4-6,8-9,12-13,18H,7,10-11,14H2,1-3H3,(H,23,26). The largest absolute Gasteiger partial charge is 0.496 e. The van der Waals surface area contributed by atoms with Crippen LogP contribution in [0.2, 0.25) is 0 Å². The first-order valence-corrected chi connectivity index (χ1v) is 9.39. The van der Waals surface area contributed by atoms with E-state index >= 15 is 0 Å². The SMILES string of the molecule is COc1cc(C(=O)NC(CN2CCCC2=O)c2ccccc2)cc(OC)c1C. The molecule has 1 aliphatic rings. The molecule has 0 aromatic heterocycles. The van der Waals surface area contributed by atoms with Crippen LogP contribution < -0.4 is 14.8 Å². The van der Waals surface area contributed by atoms with Crippen LogP contribution in [0.4, 0.5) is 0 Å². The molecule has 2 aromatic carbocycles. The zero-order valence-electron chi connectivity index (χ0n) is 16.5. The monoisotopic (exact) mass is 382 g/mol. The van der Waals surface area contributed by atoms with Crippen molar-refractivity contribution in [3.63, 3.8) is 0 Å². The fraction of sp³-hybridized carbons (Fsp3) is 0.364. The summed E-state index contributed by atoms with van der Waals surface area (Å²) in [6, 6.07) is 12.8. The van der Waals surface area contributed by atoms with Crippen LogP contribution in [-0.4, -0.2) is 44.0 Å². The Hall–Kier alpha value is -3.02. The van der Waals surface area contributed by atoms with Crippen molar-refractivity contribution < 1.29 is 19.1 Å². The van der Waals surface area contributed by atoms with Gasteiger partial charge in [-0.05, 0) is 31.0 Å². The molecule has 28 heavy (non-hydrogen) atoms. The van der Waals surface area contributed by atoms with Crippen molar-refractivity contribution >= 4 is 11.8 Å². The maximum absolute atomic E-state index is 13.0. The number of carbonyl (C=O) groups is 2. The minimum atomic E-state index is -0.297. The summed E-state index contributed by atoms with van der Waals surface area (Å²) in [5.41, 5.74) is 2.25. The molecule has 1 saturated heterocycles. The van der Waals surface area contributed by atoms with Gasteiger partial charge in [0, 0.05) is 30.6 Å². The van der Waals surface area contributed by atoms with Crippen molar-refractivity contribution in [3.05, 3.63) is 59.2 Å². The number of ether oxygens (including phenoxy) is 2. The van der Waals surface area contributed by atoms with E-state index in [1.54, 1.807) is 26.4 Å². The number of nitrogens with zero attached hydrogens (tertiary/aromatic N) is 1. The molecule has 0 radical (unpaired) electrons. The summed E-state index contributed by atoms with van der Waals surface area (Å²) >= 11 is 0. The van der Waals surface area contributed by atoms with Crippen LogP contribution in [0, 0.1) is 6.92 Å². The molecule has 0 bridgehead atoms. The second kappa shape index (κ2) is 8.78. The van der Waals surface area contributed by atoms with Crippen molar-refractivity contribution in [2.45, 2.75) is 25.8 Å². The molecule has 2 amide bonds. The smallest absolute Gasteiger partial charge is 0.252 e. The first-order valence-electron chi connectivity index (χ1n) is 9.39. The second-order valence-corrected chi connectivity index (χ2v) is 6.89. The maximum Gasteiger partial charge on any atom is 0.252 e. The van der Waals surface area contributed by atoms with Gasteiger partial charge in [0.2, 0.25) is 5.91 Å². The lowest BCUT2D eigenvalue weighted by Crippen LogP contribution is -2.38. The van der Waals surface area contributed by atoms with E-state index in [1.165, 1.54) is 0 Å². The van der Waals surface area contributed by atoms with Gasteiger partial charge in [-0.3, -0.25) is 9.59 Å². The van der Waals surface area contributed by atoms with E-state index in [0.717, 1.165) is 24.1 Å². The lowest BCUT2D eigenvalue weighted by atomic mass is 10.0. The highest BCUT2D eigenvalue weighted by Gasteiger charge is 2.26. The van der Waals surface area contributed by atoms with E-state index in [2.05, 4.69) is 5.32 Å². The Balaban J connectivity index is 1.86. The summed E-state index contributed by atoms with van der Waals surface area (Å²) < 4.78 is 10.8. The van der Waals surface area contributed by atoms with E-state index in [9.17, 15) is 9.59 Å². The van der Waals surface area contributed by atoms with Gasteiger partial charge in [0.05, 0.1) is 20.3 Å². The topological polar surface area (TPSA) is 67.9 Å². The highest BCUT2D eigenvalue weighted by molar-refractivity contribution is 5.95. The first-order chi connectivity index (χ1) is 13.5. The molecule has 3 rings (SSSR count). The number of rotatable bonds is 7. The van der Waals surface area contributed by atoms with Gasteiger partial charge in [-0.15, -0.1) is 0 Å². The minimum Gasteiger partial charge on any atom is -0.496 e. The van der Waals surface area contributed by atoms with Crippen molar-refractivity contribution in [2.75, 3.05) is 27.3 Å². The molecule has 1 fully saturated rings. The molecule has 148 valence electrons. The Morgan fingerprint density at radius 2 is 1.79 bits per heavy atom. The van der Waals surface area contributed by atoms with Gasteiger partial charge in [0.25, 0.3) is 5.91 Å². The number of methoxy groups -OCH3 is 2. The number of benzene rings is 2. The van der Waals surface area contributed by atoms with Crippen molar-refractivity contribution in [1.29, 1.82) is 0 Å². The Morgan fingerprint density at radius 3 is 2.32 bits per heavy atom. The van der Waals surface area contributed by atoms with Crippen molar-refractivity contribution in [2.24, 2.45) is 0 Å². The molecule has 6 nitrogen and oxygen atoms in total. The Labute approximate surface area is 165 Å². The fourth-order valence-electron chi connectivity index (χ4n) is 3.50. The van der Waals surface area contributed by atoms with Gasteiger partial charge in [-0.25, -0.2) is 0 Å². The third-order valence-electron chi connectivity index (χ3n) is 5.10. The number of nitrogens with one attached hydrogen (secondary N) is 1. The highest BCUT2D eigenvalue weighted by Crippen LogP contribution is 2.30. The zero-order valence-corrected chi connectivity index (χ0v) is 16.5. The minimum absolute atomic E-state index is 0.133. The van der Waals surface area contributed by atoms with Crippen LogP contribution in [0.25, 0.3) is 0 Å². The third kappa shape index (κ3) is 4.27. The van der Waals surface area contributed by atoms with E-state index < -0.39 is 0 Å². The highest BCUT2D eigenvalue weighted by atomic mass is 16.5. The number of hydrogen-bond donors (Lipinski definition) is 1. The summed E-state index contributed by atoms with van der Waals surface area (Å²) in [4.78, 5) is 26.9. The lowest BCUT2D eigenvalue weighted by Gasteiger charge is -2.25. The summed E-state index contributed by atoms with van der Waals surface area (Å²) in [5.74, 6) is 1.08. The average Bonchev–Trinajstić information content (AvgIpc) is 3.12. The number of carbonyl (C=O) groups excluding carboxylic acids is 2. The molecular formula is C22H26N2O4.